The molecule has 4 rings (SSSR count). The second-order valence-electron chi connectivity index (χ2n) is 6.35. The summed E-state index contributed by atoms with van der Waals surface area (Å²) in [6, 6.07) is 3.71. The summed E-state index contributed by atoms with van der Waals surface area (Å²) < 4.78 is 2.20. The van der Waals surface area contributed by atoms with E-state index in [4.69, 9.17) is 5.10 Å². The zero-order valence-corrected chi connectivity index (χ0v) is 10.7. The molecule has 0 aromatic carbocycles. The van der Waals surface area contributed by atoms with E-state index in [9.17, 15) is 0 Å². The van der Waals surface area contributed by atoms with E-state index in [0.717, 1.165) is 23.8 Å². The Balaban J connectivity index is 1.45. The van der Waals surface area contributed by atoms with Crippen molar-refractivity contribution >= 4 is 0 Å². The quantitative estimate of drug-likeness (QED) is 0.795. The molecule has 92 valence electrons. The lowest BCUT2D eigenvalue weighted by Crippen LogP contribution is -2.31. The van der Waals surface area contributed by atoms with Gasteiger partial charge in [0.25, 0.3) is 0 Å². The van der Waals surface area contributed by atoms with Gasteiger partial charge in [-0.2, -0.15) is 5.10 Å². The number of aromatic nitrogens is 2. The Labute approximate surface area is 103 Å². The molecule has 3 fully saturated rings. The van der Waals surface area contributed by atoms with Crippen molar-refractivity contribution in [3.05, 3.63) is 18.0 Å². The fourth-order valence-electron chi connectivity index (χ4n) is 3.49. The van der Waals surface area contributed by atoms with Crippen molar-refractivity contribution in [3.8, 4) is 0 Å². The molecule has 2 aliphatic carbocycles. The van der Waals surface area contributed by atoms with Crippen molar-refractivity contribution in [1.82, 2.24) is 14.7 Å². The summed E-state index contributed by atoms with van der Waals surface area (Å²) >= 11 is 0. The van der Waals surface area contributed by atoms with Gasteiger partial charge in [-0.05, 0) is 44.6 Å². The van der Waals surface area contributed by atoms with Crippen LogP contribution in [0.4, 0.5) is 0 Å². The minimum absolute atomic E-state index is 0.715. The Hall–Kier alpha value is -0.830. The smallest absolute Gasteiger partial charge is 0.0662 e. The summed E-state index contributed by atoms with van der Waals surface area (Å²) in [5.41, 5.74) is 1.37. The maximum absolute atomic E-state index is 4.78. The molecule has 1 aliphatic heterocycles. The molecule has 2 saturated carbocycles. The molecular weight excluding hydrogens is 210 g/mol. The number of likely N-dealkylation sites (tertiary alicyclic amines) is 1. The van der Waals surface area contributed by atoms with Crippen LogP contribution in [-0.2, 0) is 0 Å². The Morgan fingerprint density at radius 1 is 1.24 bits per heavy atom. The Morgan fingerprint density at radius 3 is 2.53 bits per heavy atom. The molecule has 1 saturated heterocycles. The van der Waals surface area contributed by atoms with Gasteiger partial charge in [0.15, 0.2) is 0 Å². The lowest BCUT2D eigenvalue weighted by Gasteiger charge is -2.23. The number of rotatable bonds is 3. The normalized spacial score (nSPS) is 36.5. The minimum atomic E-state index is 0.715. The predicted octanol–water partition coefficient (Wildman–Crippen LogP) is 2.27. The van der Waals surface area contributed by atoms with Gasteiger partial charge >= 0.3 is 0 Å². The zero-order valence-electron chi connectivity index (χ0n) is 10.7. The first-order chi connectivity index (χ1) is 8.24. The lowest BCUT2D eigenvalue weighted by atomic mass is 10.2. The van der Waals surface area contributed by atoms with Gasteiger partial charge in [-0.3, -0.25) is 4.68 Å². The molecule has 0 amide bonds. The molecule has 1 aromatic rings. The van der Waals surface area contributed by atoms with Gasteiger partial charge in [0.2, 0.25) is 0 Å². The van der Waals surface area contributed by atoms with Crippen LogP contribution >= 0.6 is 0 Å². The molecule has 3 aliphatic rings. The third-order valence-corrected chi connectivity index (χ3v) is 4.84. The van der Waals surface area contributed by atoms with E-state index >= 15 is 0 Å². The van der Waals surface area contributed by atoms with Crippen molar-refractivity contribution in [1.29, 1.82) is 0 Å². The third kappa shape index (κ3) is 1.55. The van der Waals surface area contributed by atoms with E-state index in [2.05, 4.69) is 35.7 Å². The molecule has 17 heavy (non-hydrogen) atoms. The molecule has 2 atom stereocenters. The van der Waals surface area contributed by atoms with Gasteiger partial charge in [-0.1, -0.05) is 0 Å². The first-order valence-electron chi connectivity index (χ1n) is 7.03. The van der Waals surface area contributed by atoms with Gasteiger partial charge in [0.1, 0.15) is 0 Å². The highest BCUT2D eigenvalue weighted by Crippen LogP contribution is 2.58. The first-order valence-corrected chi connectivity index (χ1v) is 7.03. The predicted molar refractivity (Wildman–Crippen MR) is 66.9 cm³/mol. The highest BCUT2D eigenvalue weighted by atomic mass is 15.3. The van der Waals surface area contributed by atoms with Crippen molar-refractivity contribution in [2.24, 2.45) is 11.8 Å². The Morgan fingerprint density at radius 2 is 1.94 bits per heavy atom. The van der Waals surface area contributed by atoms with Crippen molar-refractivity contribution in [2.75, 3.05) is 13.1 Å². The van der Waals surface area contributed by atoms with Crippen LogP contribution in [-0.4, -0.2) is 33.8 Å². The van der Waals surface area contributed by atoms with Gasteiger partial charge in [-0.15, -0.1) is 0 Å². The second-order valence-corrected chi connectivity index (χ2v) is 6.35. The van der Waals surface area contributed by atoms with Crippen LogP contribution in [0.25, 0.3) is 0 Å². The van der Waals surface area contributed by atoms with Crippen LogP contribution in [0.5, 0.6) is 0 Å². The Kier molecular flexibility index (Phi) is 1.99. The molecular formula is C14H21N3. The second kappa shape index (κ2) is 3.35. The van der Waals surface area contributed by atoms with Gasteiger partial charge in [0, 0.05) is 31.2 Å². The fraction of sp³-hybridized carbons (Fsp3) is 0.786. The number of piperidine rings is 1. The van der Waals surface area contributed by atoms with Gasteiger partial charge in [0.05, 0.1) is 11.7 Å². The highest BCUT2D eigenvalue weighted by molar-refractivity contribution is 5.24. The lowest BCUT2D eigenvalue weighted by molar-refractivity contribution is 0.242. The molecule has 3 heteroatoms. The molecule has 2 heterocycles. The maximum Gasteiger partial charge on any atom is 0.0662 e. The van der Waals surface area contributed by atoms with Crippen LogP contribution in [0.3, 0.4) is 0 Å². The summed E-state index contributed by atoms with van der Waals surface area (Å²) in [5.74, 6) is 2.59. The number of nitrogens with zero attached hydrogens (tertiary/aromatic N) is 3. The van der Waals surface area contributed by atoms with E-state index in [1.807, 2.05) is 0 Å². The van der Waals surface area contributed by atoms with E-state index in [0.29, 0.717) is 6.04 Å². The molecule has 3 nitrogen and oxygen atoms in total. The highest BCUT2D eigenvalue weighted by Gasteiger charge is 2.57. The summed E-state index contributed by atoms with van der Waals surface area (Å²) in [6.45, 7) is 7.20. The van der Waals surface area contributed by atoms with Crippen LogP contribution in [0.1, 0.15) is 44.3 Å². The first kappa shape index (κ1) is 10.1. The summed E-state index contributed by atoms with van der Waals surface area (Å²) in [6.07, 6.45) is 4.86. The summed E-state index contributed by atoms with van der Waals surface area (Å²) in [5, 5.41) is 4.78. The fourth-order valence-corrected chi connectivity index (χ4v) is 3.49. The van der Waals surface area contributed by atoms with E-state index in [-0.39, 0.29) is 0 Å². The van der Waals surface area contributed by atoms with E-state index in [1.165, 1.54) is 31.6 Å². The van der Waals surface area contributed by atoms with Crippen LogP contribution in [0.2, 0.25) is 0 Å². The molecule has 0 N–H and O–H groups in total. The van der Waals surface area contributed by atoms with Crippen LogP contribution in [0.15, 0.2) is 12.3 Å². The average molecular weight is 231 g/mol. The van der Waals surface area contributed by atoms with Crippen LogP contribution < -0.4 is 0 Å². The minimum Gasteiger partial charge on any atom is -0.300 e. The number of hydrogen-bond acceptors (Lipinski definition) is 2. The largest absolute Gasteiger partial charge is 0.300 e. The standard InChI is InChI=1S/C14H21N3/c1-9(2)16-7-11-12(8-16)14(11)13-5-6-17(15-13)10-3-4-10/h5-6,9-12,14H,3-4,7-8H2,1-2H3. The molecule has 0 bridgehead atoms. The van der Waals surface area contributed by atoms with Gasteiger partial charge < -0.3 is 4.90 Å². The topological polar surface area (TPSA) is 21.1 Å². The average Bonchev–Trinajstić information content (AvgIpc) is 3.17. The summed E-state index contributed by atoms with van der Waals surface area (Å²) in [4.78, 5) is 2.61. The Bertz CT molecular complexity index is 420. The van der Waals surface area contributed by atoms with Crippen molar-refractivity contribution in [2.45, 2.75) is 44.7 Å². The van der Waals surface area contributed by atoms with E-state index < -0.39 is 0 Å². The van der Waals surface area contributed by atoms with Crippen molar-refractivity contribution in [3.63, 3.8) is 0 Å². The molecule has 0 radical (unpaired) electrons. The van der Waals surface area contributed by atoms with E-state index in [1.54, 1.807) is 0 Å². The monoisotopic (exact) mass is 231 g/mol. The van der Waals surface area contributed by atoms with Crippen LogP contribution in [0, 0.1) is 11.8 Å². The number of hydrogen-bond donors (Lipinski definition) is 0. The third-order valence-electron chi connectivity index (χ3n) is 4.84. The zero-order chi connectivity index (χ0) is 11.6. The number of fused-ring (bicyclic) bond motifs is 1. The summed E-state index contributed by atoms with van der Waals surface area (Å²) in [7, 11) is 0. The van der Waals surface area contributed by atoms with Crippen molar-refractivity contribution < 1.29 is 0 Å². The SMILES string of the molecule is CC(C)N1CC2C(C1)C2c1ccn(C2CC2)n1. The molecule has 2 unspecified atom stereocenters. The molecule has 0 spiro atoms. The van der Waals surface area contributed by atoms with Gasteiger partial charge in [-0.25, -0.2) is 0 Å². The maximum atomic E-state index is 4.78. The molecule has 1 aromatic heterocycles.